The fraction of sp³-hybridized carbons (Fsp3) is 0.182. The van der Waals surface area contributed by atoms with Gasteiger partial charge in [0.1, 0.15) is 11.5 Å². The number of pyridine rings is 1. The van der Waals surface area contributed by atoms with Gasteiger partial charge in [-0.25, -0.2) is 14.6 Å². The lowest BCUT2D eigenvalue weighted by atomic mass is 10.1. The van der Waals surface area contributed by atoms with Crippen LogP contribution in [0.4, 0.5) is 27.7 Å². The van der Waals surface area contributed by atoms with E-state index >= 15 is 0 Å². The second-order valence-corrected chi connectivity index (χ2v) is 6.98. The number of nitrogens with zero attached hydrogens (tertiary/aromatic N) is 2. The zero-order valence-electron chi connectivity index (χ0n) is 17.9. The molecule has 0 fully saturated rings. The number of rotatable bonds is 7. The van der Waals surface area contributed by atoms with Crippen molar-refractivity contribution in [2.24, 2.45) is 7.05 Å². The number of aromatic carboxylic acids is 1. The average Bonchev–Trinajstić information content (AvgIpc) is 3.02. The summed E-state index contributed by atoms with van der Waals surface area (Å²) in [6.07, 6.45) is 2.89. The third-order valence-corrected chi connectivity index (χ3v) is 4.67. The van der Waals surface area contributed by atoms with Gasteiger partial charge in [-0.1, -0.05) is 18.2 Å². The van der Waals surface area contributed by atoms with Gasteiger partial charge >= 0.3 is 12.0 Å². The molecule has 1 aromatic carbocycles. The van der Waals surface area contributed by atoms with E-state index in [0.717, 1.165) is 5.69 Å². The van der Waals surface area contributed by atoms with Gasteiger partial charge < -0.3 is 25.6 Å². The molecule has 0 atom stereocenters. The molecule has 0 aliphatic heterocycles. The molecule has 5 N–H and O–H groups in total. The van der Waals surface area contributed by atoms with Crippen LogP contribution in [-0.4, -0.2) is 39.1 Å². The maximum atomic E-state index is 13.1. The van der Waals surface area contributed by atoms with Gasteiger partial charge in [-0.3, -0.25) is 10.1 Å². The Morgan fingerprint density at radius 2 is 1.81 bits per heavy atom. The smallest absolute Gasteiger partial charge is 0.352 e. The van der Waals surface area contributed by atoms with E-state index in [1.807, 2.05) is 30.3 Å². The molecule has 10 nitrogen and oxygen atoms in total. The molecule has 0 bridgehead atoms. The van der Waals surface area contributed by atoms with Crippen molar-refractivity contribution in [2.75, 3.05) is 22.5 Å². The lowest BCUT2D eigenvalue weighted by molar-refractivity contribution is 0.0685. The highest BCUT2D eigenvalue weighted by Crippen LogP contribution is 2.26. The monoisotopic (exact) mass is 436 g/mol. The third-order valence-electron chi connectivity index (χ3n) is 4.67. The molecule has 0 radical (unpaired) electrons. The minimum absolute atomic E-state index is 0.0857. The summed E-state index contributed by atoms with van der Waals surface area (Å²) in [5.41, 5.74) is 2.28. The summed E-state index contributed by atoms with van der Waals surface area (Å²) in [6, 6.07) is 10.4. The van der Waals surface area contributed by atoms with Crippen LogP contribution in [0, 0.1) is 6.92 Å². The largest absolute Gasteiger partial charge is 0.477 e. The van der Waals surface area contributed by atoms with E-state index < -0.39 is 17.9 Å². The normalized spacial score (nSPS) is 10.3. The number of para-hydroxylation sites is 1. The van der Waals surface area contributed by atoms with Gasteiger partial charge in [-0.05, 0) is 26.0 Å². The van der Waals surface area contributed by atoms with E-state index in [2.05, 4.69) is 26.3 Å². The van der Waals surface area contributed by atoms with Crippen molar-refractivity contribution in [2.45, 2.75) is 13.8 Å². The quantitative estimate of drug-likeness (QED) is 0.384. The molecule has 3 aromatic rings. The van der Waals surface area contributed by atoms with Gasteiger partial charge in [0.15, 0.2) is 0 Å². The number of urea groups is 1. The Bertz CT molecular complexity index is 1160. The average molecular weight is 436 g/mol. The van der Waals surface area contributed by atoms with Crippen LogP contribution >= 0.6 is 0 Å². The Morgan fingerprint density at radius 1 is 1.09 bits per heavy atom. The molecule has 3 rings (SSSR count). The maximum absolute atomic E-state index is 13.1. The fourth-order valence-corrected chi connectivity index (χ4v) is 3.18. The number of anilines is 4. The van der Waals surface area contributed by atoms with E-state index in [9.17, 15) is 19.5 Å². The molecule has 32 heavy (non-hydrogen) atoms. The molecule has 2 heterocycles. The Hall–Kier alpha value is -4.34. The topological polar surface area (TPSA) is 137 Å². The molecule has 0 unspecified atom stereocenters. The summed E-state index contributed by atoms with van der Waals surface area (Å²) in [5, 5.41) is 20.5. The number of amides is 3. The van der Waals surface area contributed by atoms with E-state index in [1.165, 1.54) is 10.8 Å². The highest BCUT2D eigenvalue weighted by molar-refractivity contribution is 6.09. The van der Waals surface area contributed by atoms with Gasteiger partial charge in [0.25, 0.3) is 5.91 Å². The molecule has 0 saturated carbocycles. The lowest BCUT2D eigenvalue weighted by Crippen LogP contribution is -2.28. The summed E-state index contributed by atoms with van der Waals surface area (Å²) in [4.78, 5) is 40.5. The van der Waals surface area contributed by atoms with Crippen LogP contribution in [0.1, 0.15) is 33.3 Å². The van der Waals surface area contributed by atoms with Crippen LogP contribution in [0.5, 0.6) is 0 Å². The fourth-order valence-electron chi connectivity index (χ4n) is 3.18. The van der Waals surface area contributed by atoms with Crippen molar-refractivity contribution in [3.63, 3.8) is 0 Å². The van der Waals surface area contributed by atoms with E-state index in [4.69, 9.17) is 0 Å². The third kappa shape index (κ3) is 5.04. The summed E-state index contributed by atoms with van der Waals surface area (Å²) < 4.78 is 1.44. The van der Waals surface area contributed by atoms with Crippen molar-refractivity contribution in [3.05, 3.63) is 65.6 Å². The maximum Gasteiger partial charge on any atom is 0.352 e. The predicted octanol–water partition coefficient (Wildman–Crippen LogP) is 3.56. The van der Waals surface area contributed by atoms with Gasteiger partial charge in [0.05, 0.1) is 16.9 Å². The van der Waals surface area contributed by atoms with Crippen molar-refractivity contribution >= 4 is 40.8 Å². The highest BCUT2D eigenvalue weighted by Gasteiger charge is 2.20. The van der Waals surface area contributed by atoms with Crippen LogP contribution in [-0.2, 0) is 7.05 Å². The first kappa shape index (κ1) is 22.3. The van der Waals surface area contributed by atoms with E-state index in [0.29, 0.717) is 23.5 Å². The van der Waals surface area contributed by atoms with Crippen LogP contribution in [0.3, 0.4) is 0 Å². The number of nitrogens with one attached hydrogen (secondary N) is 4. The number of hydrogen-bond donors (Lipinski definition) is 5. The lowest BCUT2D eigenvalue weighted by Gasteiger charge is -2.14. The number of carbonyl (C=O) groups excluding carboxylic acids is 2. The summed E-state index contributed by atoms with van der Waals surface area (Å²) >= 11 is 0. The van der Waals surface area contributed by atoms with Crippen LogP contribution in [0.2, 0.25) is 0 Å². The molecule has 3 amide bonds. The van der Waals surface area contributed by atoms with E-state index in [1.54, 1.807) is 33.2 Å². The Morgan fingerprint density at radius 3 is 2.44 bits per heavy atom. The van der Waals surface area contributed by atoms with Crippen LogP contribution < -0.4 is 21.3 Å². The van der Waals surface area contributed by atoms with Gasteiger partial charge in [0.2, 0.25) is 0 Å². The first-order valence-corrected chi connectivity index (χ1v) is 9.87. The summed E-state index contributed by atoms with van der Waals surface area (Å²) in [6.45, 7) is 3.88. The van der Waals surface area contributed by atoms with Crippen LogP contribution in [0.25, 0.3) is 0 Å². The first-order chi connectivity index (χ1) is 15.3. The van der Waals surface area contributed by atoms with Crippen molar-refractivity contribution in [1.29, 1.82) is 0 Å². The second-order valence-electron chi connectivity index (χ2n) is 6.98. The number of aryl methyl sites for hydroxylation is 1. The Labute approximate surface area is 184 Å². The van der Waals surface area contributed by atoms with E-state index in [-0.39, 0.29) is 17.1 Å². The second kappa shape index (κ2) is 9.65. The molecule has 2 aromatic heterocycles. The SMILES string of the molecule is CCNC(=O)Nc1cc(Nc2ccccc2)c(C(=O)Nc2cn(C)c(C(=O)O)c2C)cn1. The number of carboxylic acid groups (broad SMARTS) is 1. The zero-order chi connectivity index (χ0) is 23.3. The molecule has 0 aliphatic rings. The predicted molar refractivity (Wildman–Crippen MR) is 122 cm³/mol. The Balaban J connectivity index is 1.93. The van der Waals surface area contributed by atoms with Crippen LogP contribution in [0.15, 0.2) is 48.8 Å². The minimum Gasteiger partial charge on any atom is -0.477 e. The van der Waals surface area contributed by atoms with Gasteiger partial charge in [-0.2, -0.15) is 0 Å². The molecule has 0 aliphatic carbocycles. The van der Waals surface area contributed by atoms with Gasteiger partial charge in [-0.15, -0.1) is 0 Å². The molecule has 0 spiro atoms. The highest BCUT2D eigenvalue weighted by atomic mass is 16.4. The van der Waals surface area contributed by atoms with Crippen molar-refractivity contribution in [3.8, 4) is 0 Å². The minimum atomic E-state index is -1.08. The standard InChI is InChI=1S/C22H24N6O4/c1-4-23-22(32)27-18-10-16(25-14-8-6-5-7-9-14)15(11-24-18)20(29)26-17-12-28(3)19(13(17)2)21(30)31/h5-12H,4H2,1-3H3,(H,26,29)(H,30,31)(H3,23,24,25,27,32). The number of carbonyl (C=O) groups is 3. The summed E-state index contributed by atoms with van der Waals surface area (Å²) in [5.74, 6) is -1.31. The molecule has 0 saturated heterocycles. The molecular weight excluding hydrogens is 412 g/mol. The number of carboxylic acids is 1. The molecular formula is C22H24N6O4. The zero-order valence-corrected chi connectivity index (χ0v) is 17.9. The Kier molecular flexibility index (Phi) is 6.74. The molecule has 166 valence electrons. The number of aromatic nitrogens is 2. The number of hydrogen-bond acceptors (Lipinski definition) is 5. The van der Waals surface area contributed by atoms with Crippen molar-refractivity contribution in [1.82, 2.24) is 14.9 Å². The number of benzene rings is 1. The molecule has 10 heteroatoms. The van der Waals surface area contributed by atoms with Crippen molar-refractivity contribution < 1.29 is 19.5 Å². The van der Waals surface area contributed by atoms with Gasteiger partial charge in [0, 0.05) is 43.3 Å². The summed E-state index contributed by atoms with van der Waals surface area (Å²) in [7, 11) is 1.60. The first-order valence-electron chi connectivity index (χ1n) is 9.87.